The fraction of sp³-hybridized carbons (Fsp3) is 0.100. The van der Waals surface area contributed by atoms with Crippen LogP contribution in [-0.2, 0) is 12.8 Å². The molecule has 0 heterocycles. The van der Waals surface area contributed by atoms with Gasteiger partial charge in [-0.2, -0.15) is 0 Å². The molecule has 0 aromatic heterocycles. The summed E-state index contributed by atoms with van der Waals surface area (Å²) in [5.74, 6) is 0. The number of benzene rings is 3. The van der Waals surface area contributed by atoms with Crippen molar-refractivity contribution in [3.63, 3.8) is 0 Å². The van der Waals surface area contributed by atoms with Gasteiger partial charge in [0, 0.05) is 0 Å². The predicted octanol–water partition coefficient (Wildman–Crippen LogP) is 4.98. The van der Waals surface area contributed by atoms with Gasteiger partial charge < -0.3 is 0 Å². The van der Waals surface area contributed by atoms with Gasteiger partial charge in [0.05, 0.1) is 0 Å². The third-order valence-corrected chi connectivity index (χ3v) is 4.69. The zero-order chi connectivity index (χ0) is 13.1. The first-order valence-electron chi connectivity index (χ1n) is 7.23. The number of hydrogen-bond donors (Lipinski definition) is 0. The van der Waals surface area contributed by atoms with E-state index in [1.54, 1.807) is 0 Å². The lowest BCUT2D eigenvalue weighted by Gasteiger charge is -2.08. The molecular weight excluding hydrogens is 240 g/mol. The summed E-state index contributed by atoms with van der Waals surface area (Å²) in [5.41, 5.74) is 8.68. The Balaban J connectivity index is 1.88. The second kappa shape index (κ2) is 3.61. The normalized spacial score (nSPS) is 14.4. The van der Waals surface area contributed by atoms with Crippen LogP contribution in [0.3, 0.4) is 0 Å². The predicted molar refractivity (Wildman–Crippen MR) is 84.9 cm³/mol. The van der Waals surface area contributed by atoms with Gasteiger partial charge in [-0.1, -0.05) is 54.6 Å². The Kier molecular flexibility index (Phi) is 1.88. The van der Waals surface area contributed by atoms with Crippen LogP contribution in [0.1, 0.15) is 22.3 Å². The molecule has 0 amide bonds. The molecule has 20 heavy (non-hydrogen) atoms. The maximum absolute atomic E-state index is 2.41. The van der Waals surface area contributed by atoms with E-state index in [4.69, 9.17) is 0 Å². The third-order valence-electron chi connectivity index (χ3n) is 4.69. The molecule has 0 unspecified atom stereocenters. The molecule has 0 saturated heterocycles. The van der Waals surface area contributed by atoms with Crippen LogP contribution in [0.2, 0.25) is 0 Å². The smallest absolute Gasteiger partial charge is 0.00132 e. The highest BCUT2D eigenvalue weighted by molar-refractivity contribution is 5.98. The zero-order valence-electron chi connectivity index (χ0n) is 11.2. The Morgan fingerprint density at radius 2 is 1.70 bits per heavy atom. The molecule has 5 rings (SSSR count). The third kappa shape index (κ3) is 1.26. The summed E-state index contributed by atoms with van der Waals surface area (Å²) in [7, 11) is 0. The van der Waals surface area contributed by atoms with Gasteiger partial charge in [0.1, 0.15) is 0 Å². The topological polar surface area (TPSA) is 0 Å². The number of hydrogen-bond acceptors (Lipinski definition) is 0. The number of fused-ring (bicyclic) bond motifs is 6. The SMILES string of the molecule is C1=Cc2c(ccc3cc4c(cc23)-c2ccccc2C4)C1. The van der Waals surface area contributed by atoms with Crippen LogP contribution in [0.15, 0.2) is 54.6 Å². The van der Waals surface area contributed by atoms with Crippen molar-refractivity contribution in [2.75, 3.05) is 0 Å². The van der Waals surface area contributed by atoms with E-state index in [0.717, 1.165) is 12.8 Å². The standard InChI is InChI=1S/C20H14/c1-2-6-18-14(4-1)10-16-11-15-9-8-13-5-3-7-17(13)19(15)12-20(16)18/h1-4,6-9,11-12H,5,10H2. The monoisotopic (exact) mass is 254 g/mol. The van der Waals surface area contributed by atoms with Gasteiger partial charge in [-0.15, -0.1) is 0 Å². The molecule has 0 nitrogen and oxygen atoms in total. The molecular formula is C20H14. The van der Waals surface area contributed by atoms with Crippen LogP contribution >= 0.6 is 0 Å². The molecule has 3 aromatic rings. The highest BCUT2D eigenvalue weighted by Gasteiger charge is 2.19. The zero-order valence-corrected chi connectivity index (χ0v) is 11.2. The summed E-state index contributed by atoms with van der Waals surface area (Å²) in [6.45, 7) is 0. The van der Waals surface area contributed by atoms with Gasteiger partial charge in [0.25, 0.3) is 0 Å². The number of rotatable bonds is 0. The van der Waals surface area contributed by atoms with Gasteiger partial charge in [-0.25, -0.2) is 0 Å². The van der Waals surface area contributed by atoms with Crippen LogP contribution in [0, 0.1) is 0 Å². The van der Waals surface area contributed by atoms with Crippen molar-refractivity contribution in [2.45, 2.75) is 12.8 Å². The van der Waals surface area contributed by atoms with Gasteiger partial charge in [0.15, 0.2) is 0 Å². The highest BCUT2D eigenvalue weighted by Crippen LogP contribution is 2.40. The van der Waals surface area contributed by atoms with Crippen molar-refractivity contribution < 1.29 is 0 Å². The maximum atomic E-state index is 2.41. The van der Waals surface area contributed by atoms with E-state index in [2.05, 4.69) is 60.7 Å². The van der Waals surface area contributed by atoms with Gasteiger partial charge >= 0.3 is 0 Å². The Labute approximate surface area is 118 Å². The minimum atomic E-state index is 1.08. The summed E-state index contributed by atoms with van der Waals surface area (Å²) in [6, 6.07) is 18.2. The molecule has 0 saturated carbocycles. The largest absolute Gasteiger partial charge is 0.0795 e. The summed E-state index contributed by atoms with van der Waals surface area (Å²) in [6.07, 6.45) is 6.71. The quantitative estimate of drug-likeness (QED) is 0.415. The average molecular weight is 254 g/mol. The van der Waals surface area contributed by atoms with Gasteiger partial charge in [-0.05, 0) is 63.1 Å². The Hall–Kier alpha value is -2.34. The Morgan fingerprint density at radius 3 is 2.70 bits per heavy atom. The molecule has 0 N–H and O–H groups in total. The second-order valence-electron chi connectivity index (χ2n) is 5.81. The molecule has 0 bridgehead atoms. The van der Waals surface area contributed by atoms with E-state index in [1.807, 2.05) is 0 Å². The van der Waals surface area contributed by atoms with Gasteiger partial charge in [-0.3, -0.25) is 0 Å². The van der Waals surface area contributed by atoms with Crippen molar-refractivity contribution in [1.29, 1.82) is 0 Å². The lowest BCUT2D eigenvalue weighted by molar-refractivity contribution is 1.27. The minimum Gasteiger partial charge on any atom is -0.0795 e. The summed E-state index contributed by atoms with van der Waals surface area (Å²) in [4.78, 5) is 0. The fourth-order valence-electron chi connectivity index (χ4n) is 3.71. The Bertz CT molecular complexity index is 897. The van der Waals surface area contributed by atoms with Crippen LogP contribution in [0.5, 0.6) is 0 Å². The van der Waals surface area contributed by atoms with Crippen molar-refractivity contribution in [3.8, 4) is 11.1 Å². The summed E-state index contributed by atoms with van der Waals surface area (Å²) in [5, 5.41) is 2.79. The molecule has 0 atom stereocenters. The van der Waals surface area contributed by atoms with E-state index < -0.39 is 0 Å². The highest BCUT2D eigenvalue weighted by atomic mass is 14.2. The van der Waals surface area contributed by atoms with E-state index in [-0.39, 0.29) is 0 Å². The number of allylic oxidation sites excluding steroid dienone is 1. The molecule has 0 fully saturated rings. The molecule has 94 valence electrons. The molecule has 0 radical (unpaired) electrons. The first kappa shape index (κ1) is 10.4. The van der Waals surface area contributed by atoms with Crippen LogP contribution in [-0.4, -0.2) is 0 Å². The van der Waals surface area contributed by atoms with Crippen LogP contribution in [0.25, 0.3) is 28.0 Å². The van der Waals surface area contributed by atoms with Crippen molar-refractivity contribution in [1.82, 2.24) is 0 Å². The van der Waals surface area contributed by atoms with Gasteiger partial charge in [0.2, 0.25) is 0 Å². The molecule has 2 aliphatic carbocycles. The molecule has 0 heteroatoms. The second-order valence-corrected chi connectivity index (χ2v) is 5.81. The first-order valence-corrected chi connectivity index (χ1v) is 7.23. The average Bonchev–Trinajstić information content (AvgIpc) is 3.09. The molecule has 3 aromatic carbocycles. The Morgan fingerprint density at radius 1 is 0.750 bits per heavy atom. The van der Waals surface area contributed by atoms with Crippen LogP contribution in [0.4, 0.5) is 0 Å². The van der Waals surface area contributed by atoms with Crippen molar-refractivity contribution >= 4 is 16.8 Å². The van der Waals surface area contributed by atoms with Crippen molar-refractivity contribution in [2.24, 2.45) is 0 Å². The minimum absolute atomic E-state index is 1.08. The van der Waals surface area contributed by atoms with E-state index >= 15 is 0 Å². The van der Waals surface area contributed by atoms with E-state index in [1.165, 1.54) is 44.2 Å². The maximum Gasteiger partial charge on any atom is -0.00132 e. The summed E-state index contributed by atoms with van der Waals surface area (Å²) < 4.78 is 0. The lowest BCUT2D eigenvalue weighted by Crippen LogP contribution is -1.87. The first-order chi connectivity index (χ1) is 9.90. The van der Waals surface area contributed by atoms with Crippen LogP contribution < -0.4 is 0 Å². The molecule has 2 aliphatic rings. The van der Waals surface area contributed by atoms with E-state index in [0.29, 0.717) is 0 Å². The molecule has 0 spiro atoms. The van der Waals surface area contributed by atoms with E-state index in [9.17, 15) is 0 Å². The molecule has 0 aliphatic heterocycles. The fourth-order valence-corrected chi connectivity index (χ4v) is 3.71. The summed E-state index contributed by atoms with van der Waals surface area (Å²) >= 11 is 0. The lowest BCUT2D eigenvalue weighted by atomic mass is 9.95. The van der Waals surface area contributed by atoms with Crippen molar-refractivity contribution in [3.05, 3.63) is 76.9 Å².